The molecule has 1 saturated carbocycles. The number of hydrogen-bond acceptors (Lipinski definition) is 6. The van der Waals surface area contributed by atoms with E-state index >= 15 is 0 Å². The minimum Gasteiger partial charge on any atom is -0.379 e. The Hall–Kier alpha value is -3.01. The molecule has 7 rings (SSSR count). The molecule has 1 aromatic carbocycles. The maximum absolute atomic E-state index is 5.49. The molecule has 4 aromatic rings. The number of morpholine rings is 1. The van der Waals surface area contributed by atoms with Gasteiger partial charge in [-0.25, -0.2) is 4.98 Å². The zero-order valence-corrected chi connectivity index (χ0v) is 21.1. The predicted molar refractivity (Wildman–Crippen MR) is 139 cm³/mol. The van der Waals surface area contributed by atoms with Crippen LogP contribution in [0, 0.1) is 12.3 Å². The zero-order valence-electron chi connectivity index (χ0n) is 21.1. The molecule has 1 spiro atoms. The van der Waals surface area contributed by atoms with E-state index in [4.69, 9.17) is 14.8 Å². The second-order valence-electron chi connectivity index (χ2n) is 11.0. The van der Waals surface area contributed by atoms with Crippen molar-refractivity contribution in [1.82, 2.24) is 39.7 Å². The third-order valence-corrected chi connectivity index (χ3v) is 8.58. The summed E-state index contributed by atoms with van der Waals surface area (Å²) in [4.78, 5) is 7.77. The van der Waals surface area contributed by atoms with Crippen molar-refractivity contribution < 1.29 is 4.74 Å². The summed E-state index contributed by atoms with van der Waals surface area (Å²) in [6.45, 7) is 9.96. The number of aromatic amines is 1. The van der Waals surface area contributed by atoms with E-state index in [1.54, 1.807) is 0 Å². The van der Waals surface area contributed by atoms with Gasteiger partial charge in [-0.05, 0) is 36.8 Å². The molecule has 2 N–H and O–H groups in total. The average molecular weight is 487 g/mol. The van der Waals surface area contributed by atoms with Crippen molar-refractivity contribution in [1.29, 1.82) is 0 Å². The Balaban J connectivity index is 1.27. The minimum absolute atomic E-state index is 0.502. The van der Waals surface area contributed by atoms with Crippen LogP contribution in [0.25, 0.3) is 33.4 Å². The summed E-state index contributed by atoms with van der Waals surface area (Å²) in [7, 11) is 2.19. The van der Waals surface area contributed by atoms with E-state index in [1.807, 2.05) is 12.4 Å². The Bertz CT molecular complexity index is 1400. The molecule has 3 aliphatic rings. The Morgan fingerprint density at radius 3 is 2.72 bits per heavy atom. The Morgan fingerprint density at radius 2 is 1.94 bits per heavy atom. The molecule has 1 aliphatic carbocycles. The molecular formula is C27H34N8O. The van der Waals surface area contributed by atoms with Crippen molar-refractivity contribution in [3.05, 3.63) is 42.1 Å². The number of nitrogens with zero attached hydrogens (tertiary/aromatic N) is 6. The van der Waals surface area contributed by atoms with Gasteiger partial charge in [-0.15, -0.1) is 0 Å². The number of imidazole rings is 1. The van der Waals surface area contributed by atoms with Crippen molar-refractivity contribution in [2.75, 3.05) is 45.9 Å². The van der Waals surface area contributed by atoms with E-state index in [2.05, 4.69) is 62.0 Å². The summed E-state index contributed by atoms with van der Waals surface area (Å²) in [6.07, 6.45) is 8.53. The number of hydrogen-bond donors (Lipinski definition) is 2. The fourth-order valence-corrected chi connectivity index (χ4v) is 6.42. The highest BCUT2D eigenvalue weighted by molar-refractivity contribution is 5.98. The smallest absolute Gasteiger partial charge is 0.112 e. The summed E-state index contributed by atoms with van der Waals surface area (Å²) in [5.74, 6) is 1.70. The third-order valence-electron chi connectivity index (χ3n) is 8.58. The molecule has 2 aliphatic heterocycles. The van der Waals surface area contributed by atoms with Crippen LogP contribution in [0.1, 0.15) is 30.1 Å². The predicted octanol–water partition coefficient (Wildman–Crippen LogP) is 2.93. The number of benzene rings is 1. The number of aryl methyl sites for hydroxylation is 1. The summed E-state index contributed by atoms with van der Waals surface area (Å²) in [6, 6.07) is 4.29. The quantitative estimate of drug-likeness (QED) is 0.436. The molecule has 0 bridgehead atoms. The van der Waals surface area contributed by atoms with Crippen LogP contribution in [0.15, 0.2) is 30.7 Å². The van der Waals surface area contributed by atoms with Gasteiger partial charge in [0.2, 0.25) is 0 Å². The molecule has 36 heavy (non-hydrogen) atoms. The van der Waals surface area contributed by atoms with Crippen LogP contribution in [-0.2, 0) is 18.3 Å². The number of fused-ring (bicyclic) bond motifs is 1. The van der Waals surface area contributed by atoms with Crippen LogP contribution in [0.5, 0.6) is 0 Å². The standard InChI is InChI=1S/C27H34N8O/c1-18-3-4-22-21(14-29-32-22)23(18)25-24(31-26(33(25)2)19-11-27(12-19)16-28-17-27)20-13-30-35(15-20)6-5-34-7-9-36-10-8-34/h3-4,13-15,19,28H,5-12,16-17H2,1-2H3,(H,29,32). The lowest BCUT2D eigenvalue weighted by atomic mass is 9.58. The molecule has 9 nitrogen and oxygen atoms in total. The molecule has 0 unspecified atom stereocenters. The largest absolute Gasteiger partial charge is 0.379 e. The van der Waals surface area contributed by atoms with Crippen LogP contribution < -0.4 is 5.32 Å². The lowest BCUT2D eigenvalue weighted by Crippen LogP contribution is -2.59. The number of ether oxygens (including phenoxy) is 1. The van der Waals surface area contributed by atoms with Gasteiger partial charge in [0.25, 0.3) is 0 Å². The SMILES string of the molecule is Cc1ccc2[nH]ncc2c1-c1c(-c2cnn(CCN3CCOCC3)c2)nc(C2CC3(CNC3)C2)n1C. The fourth-order valence-electron chi connectivity index (χ4n) is 6.42. The van der Waals surface area contributed by atoms with Crippen LogP contribution >= 0.6 is 0 Å². The van der Waals surface area contributed by atoms with Gasteiger partial charge in [0, 0.05) is 68.4 Å². The zero-order chi connectivity index (χ0) is 24.3. The molecule has 2 saturated heterocycles. The summed E-state index contributed by atoms with van der Waals surface area (Å²) >= 11 is 0. The summed E-state index contributed by atoms with van der Waals surface area (Å²) in [5, 5.41) is 16.8. The van der Waals surface area contributed by atoms with Crippen LogP contribution in [0.4, 0.5) is 0 Å². The molecule has 0 amide bonds. The van der Waals surface area contributed by atoms with Crippen molar-refractivity contribution in [2.45, 2.75) is 32.2 Å². The first-order chi connectivity index (χ1) is 17.6. The lowest BCUT2D eigenvalue weighted by Gasteiger charge is -2.54. The molecule has 0 radical (unpaired) electrons. The van der Waals surface area contributed by atoms with E-state index in [-0.39, 0.29) is 0 Å². The molecule has 5 heterocycles. The maximum Gasteiger partial charge on any atom is 0.112 e. The van der Waals surface area contributed by atoms with Gasteiger partial charge < -0.3 is 14.6 Å². The third kappa shape index (κ3) is 3.60. The number of aromatic nitrogens is 6. The van der Waals surface area contributed by atoms with Gasteiger partial charge >= 0.3 is 0 Å². The van der Waals surface area contributed by atoms with Crippen molar-refractivity contribution in [3.63, 3.8) is 0 Å². The maximum atomic E-state index is 5.49. The van der Waals surface area contributed by atoms with Gasteiger partial charge in [-0.1, -0.05) is 6.07 Å². The average Bonchev–Trinajstić information content (AvgIpc) is 3.57. The number of rotatable bonds is 6. The van der Waals surface area contributed by atoms with Crippen molar-refractivity contribution in [3.8, 4) is 22.5 Å². The second kappa shape index (κ2) is 8.54. The van der Waals surface area contributed by atoms with Crippen LogP contribution in [-0.4, -0.2) is 80.4 Å². The first-order valence-electron chi connectivity index (χ1n) is 13.1. The van der Waals surface area contributed by atoms with Gasteiger partial charge in [0.05, 0.1) is 49.1 Å². The van der Waals surface area contributed by atoms with Crippen LogP contribution in [0.3, 0.4) is 0 Å². The summed E-state index contributed by atoms with van der Waals surface area (Å²) in [5.41, 5.74) is 7.25. The van der Waals surface area contributed by atoms with Gasteiger partial charge in [-0.3, -0.25) is 14.7 Å². The summed E-state index contributed by atoms with van der Waals surface area (Å²) < 4.78 is 9.90. The van der Waals surface area contributed by atoms with E-state index in [1.165, 1.54) is 29.8 Å². The second-order valence-corrected chi connectivity index (χ2v) is 11.0. The van der Waals surface area contributed by atoms with Gasteiger partial charge in [0.1, 0.15) is 5.82 Å². The van der Waals surface area contributed by atoms with Gasteiger partial charge in [0.15, 0.2) is 0 Å². The highest BCUT2D eigenvalue weighted by Crippen LogP contribution is 2.54. The van der Waals surface area contributed by atoms with Crippen molar-refractivity contribution >= 4 is 10.9 Å². The normalized spacial score (nSPS) is 20.2. The Morgan fingerprint density at radius 1 is 1.11 bits per heavy atom. The number of nitrogens with one attached hydrogen (secondary N) is 2. The lowest BCUT2D eigenvalue weighted by molar-refractivity contribution is 0.0321. The molecule has 3 fully saturated rings. The first-order valence-corrected chi connectivity index (χ1v) is 13.1. The van der Waals surface area contributed by atoms with E-state index < -0.39 is 0 Å². The topological polar surface area (TPSA) is 88.8 Å². The Labute approximate surface area is 210 Å². The molecule has 3 aromatic heterocycles. The molecular weight excluding hydrogens is 452 g/mol. The molecule has 0 atom stereocenters. The monoisotopic (exact) mass is 486 g/mol. The minimum atomic E-state index is 0.502. The highest BCUT2D eigenvalue weighted by Gasteiger charge is 2.50. The van der Waals surface area contributed by atoms with Crippen LogP contribution in [0.2, 0.25) is 0 Å². The van der Waals surface area contributed by atoms with E-state index in [9.17, 15) is 0 Å². The Kier molecular flexibility index (Phi) is 5.27. The molecule has 9 heteroatoms. The molecule has 188 valence electrons. The van der Waals surface area contributed by atoms with E-state index in [0.29, 0.717) is 11.3 Å². The fraction of sp³-hybridized carbons (Fsp3) is 0.519. The van der Waals surface area contributed by atoms with Gasteiger partial charge in [-0.2, -0.15) is 10.2 Å². The van der Waals surface area contributed by atoms with E-state index in [0.717, 1.165) is 80.3 Å². The number of H-pyrrole nitrogens is 1. The highest BCUT2D eigenvalue weighted by atomic mass is 16.5. The van der Waals surface area contributed by atoms with Crippen molar-refractivity contribution in [2.24, 2.45) is 12.5 Å². The first kappa shape index (κ1) is 22.2.